The topological polar surface area (TPSA) is 49.2 Å². The smallest absolute Gasteiger partial charge is 0.451 e. The molecule has 124 valence electrons. The molecular weight excluding hydrogens is 311 g/mol. The maximum absolute atomic E-state index is 13.2. The first-order valence-corrected chi connectivity index (χ1v) is 6.97. The SMILES string of the molecule is COc1cc2c(cc1OC)-c1nnc(C(F)(F)F)n1C(C)(C)C2. The van der Waals surface area contributed by atoms with Gasteiger partial charge in [0.05, 0.1) is 14.2 Å². The van der Waals surface area contributed by atoms with Crippen LogP contribution in [-0.4, -0.2) is 29.0 Å². The van der Waals surface area contributed by atoms with E-state index in [1.54, 1.807) is 26.0 Å². The molecule has 1 aliphatic rings. The first-order chi connectivity index (χ1) is 10.7. The molecule has 0 unspecified atom stereocenters. The summed E-state index contributed by atoms with van der Waals surface area (Å²) in [5, 5.41) is 7.17. The Morgan fingerprint density at radius 2 is 1.70 bits per heavy atom. The molecule has 8 heteroatoms. The van der Waals surface area contributed by atoms with E-state index >= 15 is 0 Å². The molecule has 0 atom stereocenters. The lowest BCUT2D eigenvalue weighted by atomic mass is 9.87. The van der Waals surface area contributed by atoms with Gasteiger partial charge in [-0.25, -0.2) is 0 Å². The molecule has 2 heterocycles. The normalized spacial score (nSPS) is 15.8. The Morgan fingerprint density at radius 1 is 1.09 bits per heavy atom. The van der Waals surface area contributed by atoms with Crippen molar-refractivity contribution in [3.63, 3.8) is 0 Å². The Labute approximate surface area is 131 Å². The van der Waals surface area contributed by atoms with E-state index in [9.17, 15) is 13.2 Å². The van der Waals surface area contributed by atoms with Gasteiger partial charge in [-0.05, 0) is 38.0 Å². The zero-order chi connectivity index (χ0) is 17.0. The highest BCUT2D eigenvalue weighted by atomic mass is 19.4. The quantitative estimate of drug-likeness (QED) is 0.849. The summed E-state index contributed by atoms with van der Waals surface area (Å²) in [7, 11) is 2.99. The second-order valence-electron chi connectivity index (χ2n) is 6.03. The summed E-state index contributed by atoms with van der Waals surface area (Å²) in [6.45, 7) is 3.46. The molecule has 2 aromatic rings. The van der Waals surface area contributed by atoms with Crippen LogP contribution < -0.4 is 9.47 Å². The molecule has 1 aliphatic heterocycles. The number of rotatable bonds is 2. The van der Waals surface area contributed by atoms with Gasteiger partial charge in [-0.1, -0.05) is 0 Å². The molecule has 1 aromatic carbocycles. The van der Waals surface area contributed by atoms with Crippen LogP contribution in [-0.2, 0) is 18.1 Å². The van der Waals surface area contributed by atoms with Crippen LogP contribution in [0.2, 0.25) is 0 Å². The zero-order valence-corrected chi connectivity index (χ0v) is 13.2. The van der Waals surface area contributed by atoms with Gasteiger partial charge in [-0.15, -0.1) is 10.2 Å². The molecule has 0 radical (unpaired) electrons. The number of hydrogen-bond acceptors (Lipinski definition) is 4. The van der Waals surface area contributed by atoms with Crippen molar-refractivity contribution >= 4 is 0 Å². The molecular formula is C15H16F3N3O2. The van der Waals surface area contributed by atoms with Gasteiger partial charge in [0.15, 0.2) is 17.3 Å². The van der Waals surface area contributed by atoms with Crippen LogP contribution in [0.1, 0.15) is 25.2 Å². The van der Waals surface area contributed by atoms with Gasteiger partial charge >= 0.3 is 6.18 Å². The van der Waals surface area contributed by atoms with Crippen molar-refractivity contribution in [2.24, 2.45) is 0 Å². The maximum Gasteiger partial charge on any atom is 0.451 e. The van der Waals surface area contributed by atoms with Gasteiger partial charge in [0.1, 0.15) is 0 Å². The van der Waals surface area contributed by atoms with Gasteiger partial charge in [-0.2, -0.15) is 13.2 Å². The molecule has 5 nitrogen and oxygen atoms in total. The maximum atomic E-state index is 13.2. The molecule has 0 saturated heterocycles. The van der Waals surface area contributed by atoms with E-state index in [1.165, 1.54) is 14.2 Å². The Balaban J connectivity index is 2.28. The average molecular weight is 327 g/mol. The summed E-state index contributed by atoms with van der Waals surface area (Å²) in [4.78, 5) is 0. The molecule has 3 rings (SSSR count). The van der Waals surface area contributed by atoms with Crippen molar-refractivity contribution in [2.75, 3.05) is 14.2 Å². The van der Waals surface area contributed by atoms with Crippen molar-refractivity contribution in [1.29, 1.82) is 0 Å². The molecule has 0 saturated carbocycles. The number of methoxy groups -OCH3 is 2. The zero-order valence-electron chi connectivity index (χ0n) is 13.2. The molecule has 0 spiro atoms. The standard InChI is InChI=1S/C15H16F3N3O2/c1-14(2)7-8-5-10(22-3)11(23-4)6-9(8)12-19-20-13(21(12)14)15(16,17)18/h5-6H,7H2,1-4H3. The van der Waals surface area contributed by atoms with Gasteiger partial charge in [0.25, 0.3) is 0 Å². The largest absolute Gasteiger partial charge is 0.493 e. The van der Waals surface area contributed by atoms with Crippen molar-refractivity contribution in [3.05, 3.63) is 23.5 Å². The highest BCUT2D eigenvalue weighted by molar-refractivity contribution is 5.68. The Morgan fingerprint density at radius 3 is 2.26 bits per heavy atom. The van der Waals surface area contributed by atoms with E-state index in [0.717, 1.165) is 10.1 Å². The van der Waals surface area contributed by atoms with Crippen LogP contribution in [0.25, 0.3) is 11.4 Å². The fourth-order valence-corrected chi connectivity index (χ4v) is 3.04. The van der Waals surface area contributed by atoms with Crippen LogP contribution in [0.4, 0.5) is 13.2 Å². The van der Waals surface area contributed by atoms with E-state index < -0.39 is 17.5 Å². The van der Waals surface area contributed by atoms with Gasteiger partial charge in [-0.3, -0.25) is 4.57 Å². The number of ether oxygens (including phenoxy) is 2. The minimum atomic E-state index is -4.56. The number of nitrogens with zero attached hydrogens (tertiary/aromatic N) is 3. The van der Waals surface area contributed by atoms with E-state index in [1.807, 2.05) is 0 Å². The van der Waals surface area contributed by atoms with Crippen LogP contribution in [0.3, 0.4) is 0 Å². The average Bonchev–Trinajstić information content (AvgIpc) is 2.92. The lowest BCUT2D eigenvalue weighted by Crippen LogP contribution is -2.36. The highest BCUT2D eigenvalue weighted by Crippen LogP contribution is 2.44. The lowest BCUT2D eigenvalue weighted by molar-refractivity contribution is -0.149. The van der Waals surface area contributed by atoms with Crippen molar-refractivity contribution in [3.8, 4) is 22.9 Å². The van der Waals surface area contributed by atoms with Gasteiger partial charge < -0.3 is 9.47 Å². The first-order valence-electron chi connectivity index (χ1n) is 6.97. The van der Waals surface area contributed by atoms with Gasteiger partial charge in [0, 0.05) is 11.1 Å². The second-order valence-corrected chi connectivity index (χ2v) is 6.03. The summed E-state index contributed by atoms with van der Waals surface area (Å²) in [5.41, 5.74) is 0.613. The minimum absolute atomic E-state index is 0.185. The molecule has 0 bridgehead atoms. The summed E-state index contributed by atoms with van der Waals surface area (Å²) in [6.07, 6.45) is -4.16. The third kappa shape index (κ3) is 2.32. The molecule has 0 amide bonds. The molecule has 0 N–H and O–H groups in total. The number of halogens is 3. The molecule has 0 fully saturated rings. The third-order valence-electron chi connectivity index (χ3n) is 4.00. The minimum Gasteiger partial charge on any atom is -0.493 e. The number of fused-ring (bicyclic) bond motifs is 3. The molecule has 0 aliphatic carbocycles. The monoisotopic (exact) mass is 327 g/mol. The van der Waals surface area contributed by atoms with Crippen LogP contribution in [0.15, 0.2) is 12.1 Å². The summed E-state index contributed by atoms with van der Waals surface area (Å²) < 4.78 is 51.3. The first kappa shape index (κ1) is 15.6. The fraction of sp³-hybridized carbons (Fsp3) is 0.467. The third-order valence-corrected chi connectivity index (χ3v) is 4.00. The Kier molecular flexibility index (Phi) is 3.31. The van der Waals surface area contributed by atoms with Crippen molar-refractivity contribution in [2.45, 2.75) is 32.0 Å². The predicted molar refractivity (Wildman–Crippen MR) is 76.6 cm³/mol. The van der Waals surface area contributed by atoms with E-state index in [-0.39, 0.29) is 5.82 Å². The van der Waals surface area contributed by atoms with Crippen LogP contribution in [0, 0.1) is 0 Å². The van der Waals surface area contributed by atoms with E-state index in [4.69, 9.17) is 9.47 Å². The number of hydrogen-bond donors (Lipinski definition) is 0. The summed E-state index contributed by atoms with van der Waals surface area (Å²) >= 11 is 0. The molecule has 23 heavy (non-hydrogen) atoms. The number of benzene rings is 1. The Hall–Kier alpha value is -2.25. The van der Waals surface area contributed by atoms with Crippen molar-refractivity contribution < 1.29 is 22.6 Å². The van der Waals surface area contributed by atoms with Crippen LogP contribution in [0.5, 0.6) is 11.5 Å². The van der Waals surface area contributed by atoms with E-state index in [2.05, 4.69) is 10.2 Å². The lowest BCUT2D eigenvalue weighted by Gasteiger charge is -2.35. The summed E-state index contributed by atoms with van der Waals surface area (Å²) in [5.74, 6) is 0.169. The van der Waals surface area contributed by atoms with E-state index in [0.29, 0.717) is 23.5 Å². The van der Waals surface area contributed by atoms with Crippen molar-refractivity contribution in [1.82, 2.24) is 14.8 Å². The predicted octanol–water partition coefficient (Wildman–Crippen LogP) is 3.27. The second kappa shape index (κ2) is 4.87. The Bertz CT molecular complexity index is 766. The number of alkyl halides is 3. The van der Waals surface area contributed by atoms with Crippen LogP contribution >= 0.6 is 0 Å². The highest BCUT2D eigenvalue weighted by Gasteiger charge is 2.44. The summed E-state index contributed by atoms with van der Waals surface area (Å²) in [6, 6.07) is 3.42. The molecule has 1 aromatic heterocycles. The fourth-order valence-electron chi connectivity index (χ4n) is 3.04. The van der Waals surface area contributed by atoms with Gasteiger partial charge in [0.2, 0.25) is 5.82 Å². The number of aromatic nitrogens is 3.